The predicted octanol–water partition coefficient (Wildman–Crippen LogP) is 11.0. The minimum atomic E-state index is -0.589. The third-order valence-corrected chi connectivity index (χ3v) is 10.4. The van der Waals surface area contributed by atoms with Crippen molar-refractivity contribution in [1.29, 1.82) is 10.5 Å². The second kappa shape index (κ2) is 11.1. The average Bonchev–Trinajstić information content (AvgIpc) is 3.65. The standard InChI is InChI=1S/C46H31N3/c1-2-3-10-31(28-47)20-19-30-21-23-35-36-24-22-34(33-12-8-11-32(25-33)29-48)27-42(36)46(41(35)26-30)39-15-5-7-18-44(39)49-43-17-6-4-13-37(43)38-14-9-16-40(46)45(38)49/h3-18,20-27H,2,19H2,1H3/b10-3-,31-20+. The molecule has 49 heavy (non-hydrogen) atoms. The van der Waals surface area contributed by atoms with Crippen molar-refractivity contribution in [1.82, 2.24) is 4.57 Å². The zero-order valence-electron chi connectivity index (χ0n) is 27.1. The number of allylic oxidation sites excluding steroid dienone is 4. The summed E-state index contributed by atoms with van der Waals surface area (Å²) in [7, 11) is 0. The van der Waals surface area contributed by atoms with Crippen LogP contribution in [0.2, 0.25) is 0 Å². The lowest BCUT2D eigenvalue weighted by Gasteiger charge is -2.39. The van der Waals surface area contributed by atoms with E-state index in [-0.39, 0.29) is 0 Å². The fraction of sp³-hybridized carbons (Fsp3) is 0.0870. The van der Waals surface area contributed by atoms with Gasteiger partial charge in [0.05, 0.1) is 39.8 Å². The van der Waals surface area contributed by atoms with E-state index >= 15 is 0 Å². The Morgan fingerprint density at radius 2 is 1.43 bits per heavy atom. The van der Waals surface area contributed by atoms with E-state index in [0.717, 1.165) is 17.5 Å². The summed E-state index contributed by atoms with van der Waals surface area (Å²) in [6.45, 7) is 2.08. The fourth-order valence-corrected chi connectivity index (χ4v) is 8.35. The Balaban J connectivity index is 1.39. The summed E-state index contributed by atoms with van der Waals surface area (Å²) in [5, 5.41) is 22.0. The van der Waals surface area contributed by atoms with Crippen LogP contribution in [0.25, 0.3) is 49.7 Å². The van der Waals surface area contributed by atoms with E-state index in [2.05, 4.69) is 133 Å². The van der Waals surface area contributed by atoms with Crippen molar-refractivity contribution >= 4 is 21.8 Å². The Morgan fingerprint density at radius 1 is 0.694 bits per heavy atom. The topological polar surface area (TPSA) is 52.5 Å². The molecule has 3 nitrogen and oxygen atoms in total. The van der Waals surface area contributed by atoms with Crippen LogP contribution in [0.5, 0.6) is 0 Å². The molecule has 1 spiro atoms. The summed E-state index contributed by atoms with van der Waals surface area (Å²) in [5.74, 6) is 0. The second-order valence-corrected chi connectivity index (χ2v) is 12.9. The zero-order chi connectivity index (χ0) is 33.1. The van der Waals surface area contributed by atoms with E-state index in [0.29, 0.717) is 17.6 Å². The maximum atomic E-state index is 9.81. The van der Waals surface area contributed by atoms with Crippen molar-refractivity contribution in [3.8, 4) is 40.1 Å². The smallest absolute Gasteiger partial charge is 0.0991 e. The number of hydrogen-bond donors (Lipinski definition) is 0. The highest BCUT2D eigenvalue weighted by atomic mass is 15.0. The average molecular weight is 626 g/mol. The van der Waals surface area contributed by atoms with Gasteiger partial charge >= 0.3 is 0 Å². The number of aromatic nitrogens is 1. The molecule has 2 heterocycles. The Labute approximate surface area is 285 Å². The van der Waals surface area contributed by atoms with Crippen molar-refractivity contribution in [3.05, 3.63) is 185 Å². The minimum absolute atomic E-state index is 0.589. The molecule has 230 valence electrons. The molecule has 0 radical (unpaired) electrons. The van der Waals surface area contributed by atoms with Crippen molar-refractivity contribution in [2.24, 2.45) is 0 Å². The van der Waals surface area contributed by atoms with E-state index in [1.807, 2.05) is 36.4 Å². The van der Waals surface area contributed by atoms with E-state index in [4.69, 9.17) is 0 Å². The second-order valence-electron chi connectivity index (χ2n) is 12.9. The van der Waals surface area contributed by atoms with Crippen LogP contribution in [0.4, 0.5) is 0 Å². The van der Waals surface area contributed by atoms with Crippen LogP contribution >= 0.6 is 0 Å². The molecule has 6 aromatic carbocycles. The normalized spacial score (nSPS) is 15.7. The van der Waals surface area contributed by atoms with Crippen LogP contribution in [0.3, 0.4) is 0 Å². The molecule has 1 aliphatic carbocycles. The van der Waals surface area contributed by atoms with Crippen LogP contribution < -0.4 is 0 Å². The van der Waals surface area contributed by atoms with Crippen molar-refractivity contribution in [2.45, 2.75) is 25.2 Å². The van der Waals surface area contributed by atoms with Gasteiger partial charge in [-0.25, -0.2) is 0 Å². The van der Waals surface area contributed by atoms with Crippen molar-refractivity contribution in [2.75, 3.05) is 0 Å². The number of fused-ring (bicyclic) bond motifs is 12. The number of rotatable bonds is 5. The first kappa shape index (κ1) is 28.8. The molecule has 1 unspecified atom stereocenters. The van der Waals surface area contributed by atoms with Gasteiger partial charge in [0.2, 0.25) is 0 Å². The van der Waals surface area contributed by atoms with Gasteiger partial charge in [-0.2, -0.15) is 10.5 Å². The Hall–Kier alpha value is -6.42. The van der Waals surface area contributed by atoms with Gasteiger partial charge in [-0.1, -0.05) is 116 Å². The molecular weight excluding hydrogens is 595 g/mol. The summed E-state index contributed by atoms with van der Waals surface area (Å²) >= 11 is 0. The summed E-state index contributed by atoms with van der Waals surface area (Å²) in [6, 6.07) is 50.7. The van der Waals surface area contributed by atoms with Crippen molar-refractivity contribution < 1.29 is 0 Å². The van der Waals surface area contributed by atoms with Gasteiger partial charge in [0, 0.05) is 16.3 Å². The summed E-state index contributed by atoms with van der Waals surface area (Å²) < 4.78 is 2.46. The molecule has 0 N–H and O–H groups in total. The first-order chi connectivity index (χ1) is 24.2. The van der Waals surface area contributed by atoms with Crippen molar-refractivity contribution in [3.63, 3.8) is 0 Å². The predicted molar refractivity (Wildman–Crippen MR) is 199 cm³/mol. The summed E-state index contributed by atoms with van der Waals surface area (Å²) in [5.41, 5.74) is 15.1. The van der Waals surface area contributed by atoms with Crippen LogP contribution in [0.15, 0.2) is 151 Å². The molecule has 3 heteroatoms. The zero-order valence-corrected chi connectivity index (χ0v) is 27.1. The highest BCUT2D eigenvalue weighted by Crippen LogP contribution is 2.61. The lowest BCUT2D eigenvalue weighted by molar-refractivity contribution is 0.747. The summed E-state index contributed by atoms with van der Waals surface area (Å²) in [4.78, 5) is 0. The largest absolute Gasteiger partial charge is 0.309 e. The maximum Gasteiger partial charge on any atom is 0.0991 e. The van der Waals surface area contributed by atoms with Gasteiger partial charge in [-0.05, 0) is 99.3 Å². The molecule has 0 amide bonds. The molecule has 1 aromatic heterocycles. The van der Waals surface area contributed by atoms with E-state index < -0.39 is 5.41 Å². The Bertz CT molecular complexity index is 2650. The van der Waals surface area contributed by atoms with Crippen LogP contribution in [0, 0.1) is 22.7 Å². The van der Waals surface area contributed by atoms with Crippen LogP contribution in [0.1, 0.15) is 46.7 Å². The minimum Gasteiger partial charge on any atom is -0.309 e. The maximum absolute atomic E-state index is 9.81. The highest BCUT2D eigenvalue weighted by molar-refractivity contribution is 6.12. The monoisotopic (exact) mass is 625 g/mol. The molecule has 2 aliphatic rings. The number of para-hydroxylation sites is 3. The van der Waals surface area contributed by atoms with Crippen LogP contribution in [-0.2, 0) is 11.8 Å². The third kappa shape index (κ3) is 4.07. The number of nitrogens with zero attached hydrogens (tertiary/aromatic N) is 3. The lowest BCUT2D eigenvalue weighted by atomic mass is 9.65. The molecule has 0 fully saturated rings. The quantitative estimate of drug-likeness (QED) is 0.141. The number of hydrogen-bond acceptors (Lipinski definition) is 2. The molecule has 1 atom stereocenters. The molecular formula is C46H31N3. The van der Waals surface area contributed by atoms with E-state index in [9.17, 15) is 10.5 Å². The molecule has 0 bridgehead atoms. The Kier molecular flexibility index (Phi) is 6.51. The van der Waals surface area contributed by atoms with Gasteiger partial charge in [0.1, 0.15) is 0 Å². The summed E-state index contributed by atoms with van der Waals surface area (Å²) in [6.07, 6.45) is 7.55. The molecule has 0 saturated heterocycles. The highest BCUT2D eigenvalue weighted by Gasteiger charge is 2.51. The molecule has 9 rings (SSSR count). The first-order valence-corrected chi connectivity index (χ1v) is 16.9. The number of nitriles is 2. The number of benzene rings is 6. The van der Waals surface area contributed by atoms with Gasteiger partial charge < -0.3 is 4.57 Å². The SMILES string of the molecule is CC/C=C\C(C#N)=C/Cc1ccc2c(c1)C1(c3cc(-c4cccc(C#N)c4)ccc3-2)c2ccccc2-n2c3ccccc3c3cccc1c32. The van der Waals surface area contributed by atoms with Crippen LogP contribution in [-0.4, -0.2) is 4.57 Å². The lowest BCUT2D eigenvalue weighted by Crippen LogP contribution is -2.33. The van der Waals surface area contributed by atoms with Gasteiger partial charge in [0.25, 0.3) is 0 Å². The Morgan fingerprint density at radius 3 is 2.29 bits per heavy atom. The third-order valence-electron chi connectivity index (χ3n) is 10.4. The van der Waals surface area contributed by atoms with Gasteiger partial charge in [-0.3, -0.25) is 0 Å². The molecule has 0 saturated carbocycles. The fourth-order valence-electron chi connectivity index (χ4n) is 8.35. The van der Waals surface area contributed by atoms with E-state index in [1.165, 1.54) is 66.4 Å². The molecule has 1 aliphatic heterocycles. The molecule has 7 aromatic rings. The van der Waals surface area contributed by atoms with Gasteiger partial charge in [-0.15, -0.1) is 0 Å². The first-order valence-electron chi connectivity index (χ1n) is 16.9. The van der Waals surface area contributed by atoms with E-state index in [1.54, 1.807) is 0 Å². The van der Waals surface area contributed by atoms with Gasteiger partial charge in [0.15, 0.2) is 0 Å².